The lowest BCUT2D eigenvalue weighted by Crippen LogP contribution is -2.52. The predicted octanol–water partition coefficient (Wildman–Crippen LogP) is 0.867. The molecular weight excluding hydrogens is 242 g/mol. The van der Waals surface area contributed by atoms with Crippen LogP contribution < -0.4 is 5.32 Å². The van der Waals surface area contributed by atoms with Crippen LogP contribution in [0.3, 0.4) is 0 Å². The van der Waals surface area contributed by atoms with Crippen LogP contribution in [0.4, 0.5) is 8.78 Å². The Bertz CT molecular complexity index is 298. The standard InChI is InChI=1S/C12H20F2N2O2/c1-18-12(17)8-4-9(15-5-11(13)14)7-16(6-8)10-2-3-10/h8-11,15H,2-7H2,1H3. The number of methoxy groups -OCH3 is 1. The van der Waals surface area contributed by atoms with Crippen LogP contribution in [-0.2, 0) is 9.53 Å². The largest absolute Gasteiger partial charge is 0.469 e. The highest BCUT2D eigenvalue weighted by molar-refractivity contribution is 5.72. The Balaban J connectivity index is 1.90. The fraction of sp³-hybridized carbons (Fsp3) is 0.917. The van der Waals surface area contributed by atoms with Gasteiger partial charge in [0.1, 0.15) is 0 Å². The van der Waals surface area contributed by atoms with Gasteiger partial charge in [-0.15, -0.1) is 0 Å². The monoisotopic (exact) mass is 262 g/mol. The molecule has 104 valence electrons. The summed E-state index contributed by atoms with van der Waals surface area (Å²) in [5.41, 5.74) is 0. The summed E-state index contributed by atoms with van der Waals surface area (Å²) < 4.78 is 29.2. The number of carbonyl (C=O) groups is 1. The second-order valence-electron chi connectivity index (χ2n) is 5.14. The first kappa shape index (κ1) is 13.7. The van der Waals surface area contributed by atoms with Crippen molar-refractivity contribution < 1.29 is 18.3 Å². The predicted molar refractivity (Wildman–Crippen MR) is 62.5 cm³/mol. The number of nitrogens with one attached hydrogen (secondary N) is 1. The Hall–Kier alpha value is -0.750. The van der Waals surface area contributed by atoms with E-state index >= 15 is 0 Å². The van der Waals surface area contributed by atoms with Gasteiger partial charge in [0, 0.05) is 25.2 Å². The van der Waals surface area contributed by atoms with Crippen molar-refractivity contribution in [2.24, 2.45) is 5.92 Å². The van der Waals surface area contributed by atoms with Crippen LogP contribution in [0.15, 0.2) is 0 Å². The molecule has 2 unspecified atom stereocenters. The average Bonchev–Trinajstić information content (AvgIpc) is 3.19. The number of esters is 1. The fourth-order valence-electron chi connectivity index (χ4n) is 2.61. The molecule has 1 saturated heterocycles. The van der Waals surface area contributed by atoms with Crippen LogP contribution >= 0.6 is 0 Å². The first-order chi connectivity index (χ1) is 8.60. The third-order valence-electron chi connectivity index (χ3n) is 3.64. The molecule has 1 aliphatic carbocycles. The van der Waals surface area contributed by atoms with Crippen molar-refractivity contribution in [2.45, 2.75) is 37.8 Å². The number of hydrogen-bond acceptors (Lipinski definition) is 4. The first-order valence-electron chi connectivity index (χ1n) is 6.43. The number of nitrogens with zero attached hydrogens (tertiary/aromatic N) is 1. The lowest BCUT2D eigenvalue weighted by atomic mass is 9.94. The van der Waals surface area contributed by atoms with Gasteiger partial charge in [-0.2, -0.15) is 0 Å². The average molecular weight is 262 g/mol. The van der Waals surface area contributed by atoms with Crippen LogP contribution in [0.5, 0.6) is 0 Å². The summed E-state index contributed by atoms with van der Waals surface area (Å²) in [7, 11) is 1.37. The molecule has 1 heterocycles. The minimum atomic E-state index is -2.35. The highest BCUT2D eigenvalue weighted by Crippen LogP contribution is 2.31. The zero-order valence-electron chi connectivity index (χ0n) is 10.6. The molecule has 18 heavy (non-hydrogen) atoms. The van der Waals surface area contributed by atoms with Gasteiger partial charge in [0.2, 0.25) is 0 Å². The highest BCUT2D eigenvalue weighted by Gasteiger charge is 2.38. The van der Waals surface area contributed by atoms with Crippen LogP contribution in [0, 0.1) is 5.92 Å². The van der Waals surface area contributed by atoms with Crippen molar-refractivity contribution in [1.29, 1.82) is 0 Å². The number of rotatable bonds is 5. The Labute approximate surface area is 106 Å². The van der Waals surface area contributed by atoms with Gasteiger partial charge in [0.15, 0.2) is 0 Å². The van der Waals surface area contributed by atoms with Gasteiger partial charge in [-0.1, -0.05) is 0 Å². The molecule has 0 radical (unpaired) electrons. The smallest absolute Gasteiger partial charge is 0.310 e. The highest BCUT2D eigenvalue weighted by atomic mass is 19.3. The van der Waals surface area contributed by atoms with Gasteiger partial charge < -0.3 is 10.1 Å². The maximum absolute atomic E-state index is 12.2. The van der Waals surface area contributed by atoms with E-state index in [4.69, 9.17) is 4.74 Å². The third kappa shape index (κ3) is 3.62. The van der Waals surface area contributed by atoms with E-state index in [0.29, 0.717) is 19.0 Å². The normalized spacial score (nSPS) is 29.6. The second-order valence-corrected chi connectivity index (χ2v) is 5.14. The molecule has 0 aromatic heterocycles. The van der Waals surface area contributed by atoms with E-state index < -0.39 is 6.43 Å². The van der Waals surface area contributed by atoms with E-state index in [2.05, 4.69) is 10.2 Å². The third-order valence-corrected chi connectivity index (χ3v) is 3.64. The topological polar surface area (TPSA) is 41.6 Å². The molecule has 0 spiro atoms. The van der Waals surface area contributed by atoms with Crippen molar-refractivity contribution in [3.63, 3.8) is 0 Å². The molecule has 6 heteroatoms. The number of halogens is 2. The van der Waals surface area contributed by atoms with Gasteiger partial charge in [0.05, 0.1) is 19.6 Å². The molecule has 1 N–H and O–H groups in total. The molecule has 0 amide bonds. The summed E-state index contributed by atoms with van der Waals surface area (Å²) in [4.78, 5) is 13.8. The van der Waals surface area contributed by atoms with Gasteiger partial charge >= 0.3 is 5.97 Å². The van der Waals surface area contributed by atoms with Crippen molar-refractivity contribution in [3.8, 4) is 0 Å². The fourth-order valence-corrected chi connectivity index (χ4v) is 2.61. The second kappa shape index (κ2) is 5.93. The van der Waals surface area contributed by atoms with Gasteiger partial charge in [-0.05, 0) is 19.3 Å². The van der Waals surface area contributed by atoms with Gasteiger partial charge in [0.25, 0.3) is 6.43 Å². The molecule has 1 saturated carbocycles. The van der Waals surface area contributed by atoms with Crippen LogP contribution in [0.1, 0.15) is 19.3 Å². The Morgan fingerprint density at radius 1 is 1.44 bits per heavy atom. The summed E-state index contributed by atoms with van der Waals surface area (Å²) in [6.45, 7) is 1.14. The summed E-state index contributed by atoms with van der Waals surface area (Å²) in [6.07, 6.45) is 0.533. The Morgan fingerprint density at radius 2 is 2.17 bits per heavy atom. The summed E-state index contributed by atoms with van der Waals surface area (Å²) >= 11 is 0. The van der Waals surface area contributed by atoms with E-state index in [-0.39, 0.29) is 24.5 Å². The quantitative estimate of drug-likeness (QED) is 0.746. The summed E-state index contributed by atoms with van der Waals surface area (Å²) in [5.74, 6) is -0.427. The van der Waals surface area contributed by atoms with E-state index in [1.165, 1.54) is 7.11 Å². The van der Waals surface area contributed by atoms with E-state index in [9.17, 15) is 13.6 Å². The van der Waals surface area contributed by atoms with Crippen LogP contribution in [-0.4, -0.2) is 56.1 Å². The maximum atomic E-state index is 12.2. The zero-order chi connectivity index (χ0) is 13.1. The Kier molecular flexibility index (Phi) is 4.50. The van der Waals surface area contributed by atoms with Crippen molar-refractivity contribution in [1.82, 2.24) is 10.2 Å². The minimum absolute atomic E-state index is 0.0440. The molecule has 2 rings (SSSR count). The van der Waals surface area contributed by atoms with Crippen LogP contribution in [0.25, 0.3) is 0 Å². The number of likely N-dealkylation sites (tertiary alicyclic amines) is 1. The zero-order valence-corrected chi connectivity index (χ0v) is 10.6. The number of ether oxygens (including phenoxy) is 1. The first-order valence-corrected chi connectivity index (χ1v) is 6.43. The molecule has 0 aromatic rings. The lowest BCUT2D eigenvalue weighted by molar-refractivity contribution is -0.147. The molecule has 0 aromatic carbocycles. The number of hydrogen-bond donors (Lipinski definition) is 1. The lowest BCUT2D eigenvalue weighted by Gasteiger charge is -2.37. The van der Waals surface area contributed by atoms with Gasteiger partial charge in [-0.25, -0.2) is 8.78 Å². The maximum Gasteiger partial charge on any atom is 0.310 e. The number of alkyl halides is 2. The molecule has 2 atom stereocenters. The van der Waals surface area contributed by atoms with Crippen molar-refractivity contribution >= 4 is 5.97 Å². The molecule has 0 bridgehead atoms. The number of carbonyl (C=O) groups excluding carboxylic acids is 1. The van der Waals surface area contributed by atoms with E-state index in [1.54, 1.807) is 0 Å². The molecule has 1 aliphatic heterocycles. The minimum Gasteiger partial charge on any atom is -0.469 e. The van der Waals surface area contributed by atoms with E-state index in [0.717, 1.165) is 19.4 Å². The van der Waals surface area contributed by atoms with Crippen molar-refractivity contribution in [3.05, 3.63) is 0 Å². The Morgan fingerprint density at radius 3 is 2.72 bits per heavy atom. The van der Waals surface area contributed by atoms with Crippen LogP contribution in [0.2, 0.25) is 0 Å². The van der Waals surface area contributed by atoms with Gasteiger partial charge in [-0.3, -0.25) is 9.69 Å². The molecule has 2 fully saturated rings. The molecule has 2 aliphatic rings. The number of piperidine rings is 1. The van der Waals surface area contributed by atoms with E-state index in [1.807, 2.05) is 0 Å². The SMILES string of the molecule is COC(=O)C1CC(NCC(F)F)CN(C2CC2)C1. The molecular formula is C12H20F2N2O2. The van der Waals surface area contributed by atoms with Crippen molar-refractivity contribution in [2.75, 3.05) is 26.7 Å². The summed E-state index contributed by atoms with van der Waals surface area (Å²) in [6, 6.07) is 0.491. The molecule has 4 nitrogen and oxygen atoms in total. The summed E-state index contributed by atoms with van der Waals surface area (Å²) in [5, 5.41) is 2.84.